The van der Waals surface area contributed by atoms with Crippen LogP contribution >= 0.6 is 0 Å². The van der Waals surface area contributed by atoms with Crippen LogP contribution in [0.2, 0.25) is 0 Å². The Bertz CT molecular complexity index is 969. The van der Waals surface area contributed by atoms with Gasteiger partial charge in [-0.1, -0.05) is 24.2 Å². The van der Waals surface area contributed by atoms with Crippen LogP contribution in [0.1, 0.15) is 30.6 Å². The maximum Gasteiger partial charge on any atom is 0.257 e. The SMILES string of the molecule is CCOc1ccccc1-c1onc(-c2ccc(F)cc2)c1C(=O)NCC(O)CC. The Hall–Kier alpha value is -3.19. The summed E-state index contributed by atoms with van der Waals surface area (Å²) < 4.78 is 24.6. The van der Waals surface area contributed by atoms with Gasteiger partial charge >= 0.3 is 0 Å². The van der Waals surface area contributed by atoms with Crippen LogP contribution in [0.25, 0.3) is 22.6 Å². The predicted molar refractivity (Wildman–Crippen MR) is 107 cm³/mol. The highest BCUT2D eigenvalue weighted by molar-refractivity contribution is 6.05. The van der Waals surface area contributed by atoms with Gasteiger partial charge in [-0.2, -0.15) is 0 Å². The van der Waals surface area contributed by atoms with Crippen molar-refractivity contribution in [1.29, 1.82) is 0 Å². The monoisotopic (exact) mass is 398 g/mol. The van der Waals surface area contributed by atoms with Crippen molar-refractivity contribution in [2.75, 3.05) is 13.2 Å². The first kappa shape index (κ1) is 20.5. The average Bonchev–Trinajstić information content (AvgIpc) is 3.18. The van der Waals surface area contributed by atoms with E-state index in [4.69, 9.17) is 9.26 Å². The Labute approximate surface area is 168 Å². The predicted octanol–water partition coefficient (Wildman–Crippen LogP) is 4.05. The molecule has 0 aliphatic rings. The minimum atomic E-state index is -0.660. The van der Waals surface area contributed by atoms with Gasteiger partial charge in [-0.05, 0) is 49.7 Å². The van der Waals surface area contributed by atoms with Crippen LogP contribution in [-0.4, -0.2) is 35.4 Å². The van der Waals surface area contributed by atoms with Gasteiger partial charge in [0.15, 0.2) is 5.76 Å². The Balaban J connectivity index is 2.09. The van der Waals surface area contributed by atoms with Crippen molar-refractivity contribution in [3.05, 3.63) is 59.9 Å². The quantitative estimate of drug-likeness (QED) is 0.598. The van der Waals surface area contributed by atoms with E-state index in [1.165, 1.54) is 24.3 Å². The van der Waals surface area contributed by atoms with Crippen LogP contribution in [0.15, 0.2) is 53.1 Å². The van der Waals surface area contributed by atoms with Crippen molar-refractivity contribution in [1.82, 2.24) is 10.5 Å². The number of hydrogen-bond donors (Lipinski definition) is 2. The van der Waals surface area contributed by atoms with Gasteiger partial charge in [0.25, 0.3) is 5.91 Å². The number of benzene rings is 2. The van der Waals surface area contributed by atoms with Crippen molar-refractivity contribution in [3.63, 3.8) is 0 Å². The first-order valence-electron chi connectivity index (χ1n) is 9.49. The van der Waals surface area contributed by atoms with Gasteiger partial charge in [0.1, 0.15) is 22.8 Å². The fraction of sp³-hybridized carbons (Fsp3) is 0.273. The third-order valence-electron chi connectivity index (χ3n) is 4.44. The molecule has 1 aromatic heterocycles. The smallest absolute Gasteiger partial charge is 0.257 e. The standard InChI is InChI=1S/C22H23FN2O4/c1-3-16(26)13-24-22(27)19-20(14-9-11-15(23)12-10-14)25-29-21(19)17-7-5-6-8-18(17)28-4-2/h5-12,16,26H,3-4,13H2,1-2H3,(H,24,27). The second-order valence-electron chi connectivity index (χ2n) is 6.44. The van der Waals surface area contributed by atoms with E-state index in [0.717, 1.165) is 0 Å². The van der Waals surface area contributed by atoms with Gasteiger partial charge in [0.2, 0.25) is 0 Å². The first-order valence-corrected chi connectivity index (χ1v) is 9.49. The fourth-order valence-corrected chi connectivity index (χ4v) is 2.87. The number of aromatic nitrogens is 1. The number of nitrogens with one attached hydrogen (secondary N) is 1. The number of para-hydroxylation sites is 1. The lowest BCUT2D eigenvalue weighted by molar-refractivity contribution is 0.0914. The Morgan fingerprint density at radius 1 is 1.21 bits per heavy atom. The van der Waals surface area contributed by atoms with Gasteiger partial charge in [-0.15, -0.1) is 0 Å². The van der Waals surface area contributed by atoms with E-state index in [2.05, 4.69) is 10.5 Å². The molecule has 0 aliphatic carbocycles. The Kier molecular flexibility index (Phi) is 6.61. The van der Waals surface area contributed by atoms with E-state index in [0.29, 0.717) is 29.9 Å². The van der Waals surface area contributed by atoms with Crippen molar-refractivity contribution >= 4 is 5.91 Å². The molecular weight excluding hydrogens is 375 g/mol. The molecule has 2 aromatic carbocycles. The summed E-state index contributed by atoms with van der Waals surface area (Å²) in [6.45, 7) is 4.22. The molecule has 0 radical (unpaired) electrons. The van der Waals surface area contributed by atoms with Gasteiger partial charge in [-0.25, -0.2) is 4.39 Å². The molecule has 0 aliphatic heterocycles. The number of halogens is 1. The van der Waals surface area contributed by atoms with Crippen molar-refractivity contribution in [2.24, 2.45) is 0 Å². The average molecular weight is 398 g/mol. The summed E-state index contributed by atoms with van der Waals surface area (Å²) in [6, 6.07) is 12.8. The molecule has 29 heavy (non-hydrogen) atoms. The summed E-state index contributed by atoms with van der Waals surface area (Å²) in [5, 5.41) is 16.6. The summed E-state index contributed by atoms with van der Waals surface area (Å²) in [5.41, 5.74) is 1.61. The number of aliphatic hydroxyl groups excluding tert-OH is 1. The number of carbonyl (C=O) groups is 1. The molecular formula is C22H23FN2O4. The molecule has 2 N–H and O–H groups in total. The fourth-order valence-electron chi connectivity index (χ4n) is 2.87. The van der Waals surface area contributed by atoms with Crippen LogP contribution in [0.5, 0.6) is 5.75 Å². The van der Waals surface area contributed by atoms with Crippen molar-refractivity contribution in [2.45, 2.75) is 26.4 Å². The number of aliphatic hydroxyl groups is 1. The maximum absolute atomic E-state index is 13.4. The number of ether oxygens (including phenoxy) is 1. The molecule has 3 aromatic rings. The van der Waals surface area contributed by atoms with E-state index in [9.17, 15) is 14.3 Å². The molecule has 1 atom stereocenters. The summed E-state index contributed by atoms with van der Waals surface area (Å²) in [5.74, 6) is -0.0353. The Morgan fingerprint density at radius 3 is 2.62 bits per heavy atom. The molecule has 1 unspecified atom stereocenters. The van der Waals surface area contributed by atoms with E-state index >= 15 is 0 Å². The molecule has 0 saturated carbocycles. The number of nitrogens with zero attached hydrogens (tertiary/aromatic N) is 1. The lowest BCUT2D eigenvalue weighted by Gasteiger charge is -2.12. The number of rotatable bonds is 8. The highest BCUT2D eigenvalue weighted by Crippen LogP contribution is 2.37. The van der Waals surface area contributed by atoms with E-state index in [-0.39, 0.29) is 23.6 Å². The largest absolute Gasteiger partial charge is 0.493 e. The maximum atomic E-state index is 13.4. The number of carbonyl (C=O) groups excluding carboxylic acids is 1. The van der Waals surface area contributed by atoms with Gasteiger partial charge < -0.3 is 19.7 Å². The van der Waals surface area contributed by atoms with Crippen LogP contribution in [0, 0.1) is 5.82 Å². The molecule has 1 heterocycles. The molecule has 3 rings (SSSR count). The van der Waals surface area contributed by atoms with Gasteiger partial charge in [0, 0.05) is 12.1 Å². The van der Waals surface area contributed by atoms with Gasteiger partial charge in [-0.3, -0.25) is 4.79 Å². The summed E-state index contributed by atoms with van der Waals surface area (Å²) >= 11 is 0. The zero-order valence-electron chi connectivity index (χ0n) is 16.3. The third kappa shape index (κ3) is 4.63. The molecule has 6 nitrogen and oxygen atoms in total. The molecule has 152 valence electrons. The highest BCUT2D eigenvalue weighted by Gasteiger charge is 2.27. The topological polar surface area (TPSA) is 84.6 Å². The summed E-state index contributed by atoms with van der Waals surface area (Å²) in [6.07, 6.45) is -0.151. The molecule has 1 amide bonds. The molecule has 0 bridgehead atoms. The minimum absolute atomic E-state index is 0.0932. The van der Waals surface area contributed by atoms with E-state index in [1.807, 2.05) is 19.9 Å². The Morgan fingerprint density at radius 2 is 1.93 bits per heavy atom. The molecule has 0 saturated heterocycles. The van der Waals surface area contributed by atoms with Crippen LogP contribution in [-0.2, 0) is 0 Å². The third-order valence-corrected chi connectivity index (χ3v) is 4.44. The van der Waals surface area contributed by atoms with Crippen molar-refractivity contribution in [3.8, 4) is 28.3 Å². The lowest BCUT2D eigenvalue weighted by Crippen LogP contribution is -2.32. The number of amides is 1. The van der Waals surface area contributed by atoms with Crippen LogP contribution < -0.4 is 10.1 Å². The molecule has 0 spiro atoms. The molecule has 7 heteroatoms. The first-order chi connectivity index (χ1) is 14.0. The minimum Gasteiger partial charge on any atom is -0.493 e. The lowest BCUT2D eigenvalue weighted by atomic mass is 10.0. The summed E-state index contributed by atoms with van der Waals surface area (Å²) in [7, 11) is 0. The van der Waals surface area contributed by atoms with Gasteiger partial charge in [0.05, 0.1) is 18.3 Å². The second-order valence-corrected chi connectivity index (χ2v) is 6.44. The zero-order chi connectivity index (χ0) is 20.8. The normalized spacial score (nSPS) is 11.9. The number of hydrogen-bond acceptors (Lipinski definition) is 5. The van der Waals surface area contributed by atoms with Crippen LogP contribution in [0.4, 0.5) is 4.39 Å². The van der Waals surface area contributed by atoms with Crippen molar-refractivity contribution < 1.29 is 23.6 Å². The second kappa shape index (κ2) is 9.34. The summed E-state index contributed by atoms with van der Waals surface area (Å²) in [4.78, 5) is 13.0. The van der Waals surface area contributed by atoms with E-state index in [1.54, 1.807) is 18.2 Å². The highest BCUT2D eigenvalue weighted by atomic mass is 19.1. The van der Waals surface area contributed by atoms with E-state index < -0.39 is 17.8 Å². The molecule has 0 fully saturated rings. The van der Waals surface area contributed by atoms with Crippen LogP contribution in [0.3, 0.4) is 0 Å². The zero-order valence-corrected chi connectivity index (χ0v) is 16.3.